The van der Waals surface area contributed by atoms with Crippen LogP contribution in [-0.2, 0) is 38.9 Å². The van der Waals surface area contributed by atoms with E-state index in [9.17, 15) is 15.3 Å². The molecule has 1 fully saturated rings. The molecule has 1 heterocycles. The van der Waals surface area contributed by atoms with E-state index in [-0.39, 0.29) is 57.6 Å². The van der Waals surface area contributed by atoms with E-state index < -0.39 is 5.97 Å². The minimum absolute atomic E-state index is 0. The second-order valence-corrected chi connectivity index (χ2v) is 8.71. The first-order valence-electron chi connectivity index (χ1n) is 12.4. The number of hydrogen-bond acceptors (Lipinski definition) is 8. The number of aliphatic imine (C=N–C) groups is 2. The van der Waals surface area contributed by atoms with Crippen molar-refractivity contribution < 1.29 is 59.4 Å². The number of carboxylic acids is 1. The Bertz CT molecular complexity index is 1190. The molecule has 1 saturated heterocycles. The minimum Gasteiger partial charge on any atom is -0.508 e. The minimum atomic E-state index is -0.833. The van der Waals surface area contributed by atoms with Gasteiger partial charge in [-0.05, 0) is 30.3 Å². The molecular weight excluding hydrogens is 611 g/mol. The Kier molecular flexibility index (Phi) is 15.9. The second-order valence-electron chi connectivity index (χ2n) is 8.71. The number of nitrogens with zero attached hydrogens (tertiary/aromatic N) is 4. The Morgan fingerprint density at radius 1 is 0.750 bits per heavy atom. The Labute approximate surface area is 255 Å². The second kappa shape index (κ2) is 18.2. The molecular formula is C29H34Cu2N4O5+2. The van der Waals surface area contributed by atoms with E-state index in [1.807, 2.05) is 42.5 Å². The van der Waals surface area contributed by atoms with E-state index in [1.165, 1.54) is 0 Å². The van der Waals surface area contributed by atoms with Crippen molar-refractivity contribution in [2.45, 2.75) is 13.1 Å². The van der Waals surface area contributed by atoms with E-state index in [4.69, 9.17) is 9.90 Å². The number of phenols is 3. The van der Waals surface area contributed by atoms with Gasteiger partial charge in [0.1, 0.15) is 17.2 Å². The molecule has 4 N–H and O–H groups in total. The molecule has 3 aromatic carbocycles. The third kappa shape index (κ3) is 10.8. The van der Waals surface area contributed by atoms with Crippen molar-refractivity contribution in [2.75, 3.05) is 39.3 Å². The van der Waals surface area contributed by atoms with Crippen molar-refractivity contribution in [3.05, 3.63) is 89.5 Å². The van der Waals surface area contributed by atoms with Crippen LogP contribution in [0.3, 0.4) is 0 Å². The van der Waals surface area contributed by atoms with Crippen LogP contribution in [0.2, 0.25) is 0 Å². The summed E-state index contributed by atoms with van der Waals surface area (Å²) in [5.74, 6) is -0.120. The van der Waals surface area contributed by atoms with Gasteiger partial charge in [0.05, 0.1) is 19.3 Å². The third-order valence-corrected chi connectivity index (χ3v) is 5.95. The third-order valence-electron chi connectivity index (χ3n) is 5.95. The van der Waals surface area contributed by atoms with Crippen LogP contribution < -0.4 is 0 Å². The van der Waals surface area contributed by atoms with Crippen LogP contribution in [0.25, 0.3) is 0 Å². The molecule has 0 spiro atoms. The van der Waals surface area contributed by atoms with Gasteiger partial charge in [0.25, 0.3) is 5.97 Å². The summed E-state index contributed by atoms with van der Waals surface area (Å²) in [4.78, 5) is 22.6. The van der Waals surface area contributed by atoms with Crippen LogP contribution in [0.5, 0.6) is 17.2 Å². The monoisotopic (exact) mass is 644 g/mol. The molecule has 0 radical (unpaired) electrons. The number of aliphatic carboxylic acids is 1. The number of hydrogen-bond donors (Lipinski definition) is 4. The van der Waals surface area contributed by atoms with Gasteiger partial charge in [0.15, 0.2) is 0 Å². The molecule has 0 aromatic heterocycles. The van der Waals surface area contributed by atoms with Gasteiger partial charge in [-0.25, -0.2) is 0 Å². The van der Waals surface area contributed by atoms with Gasteiger partial charge in [0.2, 0.25) is 0 Å². The van der Waals surface area contributed by atoms with Gasteiger partial charge < -0.3 is 20.4 Å². The van der Waals surface area contributed by atoms with Crippen LogP contribution in [0.4, 0.5) is 0 Å². The zero-order valence-electron chi connectivity index (χ0n) is 22.0. The van der Waals surface area contributed by atoms with Gasteiger partial charge in [0, 0.05) is 62.2 Å². The van der Waals surface area contributed by atoms with E-state index in [0.717, 1.165) is 38.7 Å². The number of para-hydroxylation sites is 3. The molecule has 1 aliphatic heterocycles. The normalized spacial score (nSPS) is 15.3. The van der Waals surface area contributed by atoms with E-state index in [1.54, 1.807) is 42.8 Å². The Morgan fingerprint density at radius 2 is 1.12 bits per heavy atom. The molecule has 220 valence electrons. The number of benzene rings is 3. The number of carbonyl (C=O) groups is 1. The molecule has 0 bridgehead atoms. The van der Waals surface area contributed by atoms with Gasteiger partial charge in [-0.1, -0.05) is 42.5 Å². The van der Waals surface area contributed by atoms with Gasteiger partial charge in [-0.15, -0.1) is 0 Å². The summed E-state index contributed by atoms with van der Waals surface area (Å²) in [6.45, 7) is 5.40. The zero-order chi connectivity index (χ0) is 27.3. The van der Waals surface area contributed by atoms with Crippen molar-refractivity contribution in [2.24, 2.45) is 9.98 Å². The molecule has 4 rings (SSSR count). The molecule has 9 nitrogen and oxygen atoms in total. The maximum atomic E-state index is 10.5. The van der Waals surface area contributed by atoms with Crippen molar-refractivity contribution in [1.29, 1.82) is 0 Å². The number of phenolic OH excluding ortho intramolecular Hbond substituents is 3. The molecule has 11 heteroatoms. The summed E-state index contributed by atoms with van der Waals surface area (Å²) in [6.07, 6.45) is 3.33. The Balaban J connectivity index is 0.00000125. The molecule has 0 aliphatic carbocycles. The van der Waals surface area contributed by atoms with Gasteiger partial charge in [-0.3, -0.25) is 24.6 Å². The molecule has 0 saturated carbocycles. The quantitative estimate of drug-likeness (QED) is 0.206. The predicted octanol–water partition coefficient (Wildman–Crippen LogP) is 3.74. The van der Waals surface area contributed by atoms with Crippen LogP contribution in [0, 0.1) is 0 Å². The smallest absolute Gasteiger partial charge is 0.508 e. The van der Waals surface area contributed by atoms with Crippen LogP contribution in [0.15, 0.2) is 82.8 Å². The summed E-state index contributed by atoms with van der Waals surface area (Å²) < 4.78 is 0. The summed E-state index contributed by atoms with van der Waals surface area (Å²) >= 11 is 0. The Hall–Kier alpha value is -3.17. The summed E-state index contributed by atoms with van der Waals surface area (Å²) in [6, 6.07) is 21.7. The largest absolute Gasteiger partial charge is 1.00 e. The first-order valence-corrected chi connectivity index (χ1v) is 12.4. The maximum absolute atomic E-state index is 10.5. The average molecular weight is 646 g/mol. The van der Waals surface area contributed by atoms with Crippen LogP contribution in [-0.4, -0.2) is 87.9 Å². The van der Waals surface area contributed by atoms with E-state index in [2.05, 4.69) is 19.8 Å². The van der Waals surface area contributed by atoms with Crippen LogP contribution >= 0.6 is 0 Å². The molecule has 0 unspecified atom stereocenters. The fraction of sp³-hybridized carbons (Fsp3) is 0.276. The fourth-order valence-electron chi connectivity index (χ4n) is 4.19. The summed E-state index contributed by atoms with van der Waals surface area (Å²) in [5, 5.41) is 37.8. The standard InChI is InChI=1S/C27H30N4O3.C2H4O2.2Cu/c32-24-10-4-1-7-21(24)19-28-13-15-30-17-18-31(27(30)23-9-3-6-12-26(23)34)16-14-29-20-22-8-2-5-11-25(22)33;1-2(3)4;;/h1-12,19-20,27,32-34H,13-18H2;1H3,(H,3,4);;/q;;2*+1. The molecule has 1 aliphatic rings. The number of aromatic hydroxyl groups is 3. The van der Waals surface area contributed by atoms with Crippen molar-refractivity contribution in [3.8, 4) is 17.2 Å². The van der Waals surface area contributed by atoms with E-state index in [0.29, 0.717) is 24.2 Å². The number of rotatable bonds is 9. The van der Waals surface area contributed by atoms with Crippen LogP contribution in [0.1, 0.15) is 29.8 Å². The molecule has 0 atom stereocenters. The van der Waals surface area contributed by atoms with Crippen molar-refractivity contribution in [3.63, 3.8) is 0 Å². The predicted molar refractivity (Wildman–Crippen MR) is 148 cm³/mol. The molecule has 0 amide bonds. The topological polar surface area (TPSA) is 129 Å². The molecule has 40 heavy (non-hydrogen) atoms. The average Bonchev–Trinajstić information content (AvgIpc) is 3.28. The molecule has 3 aromatic rings. The fourth-order valence-corrected chi connectivity index (χ4v) is 4.19. The first kappa shape index (κ1) is 34.9. The SMILES string of the molecule is CC(=O)O.Oc1ccccc1C=NCCN1CCN(CCN=Cc2ccccc2O)C1c1ccccc1O.[Cu+].[Cu+]. The summed E-state index contributed by atoms with van der Waals surface area (Å²) in [7, 11) is 0. The van der Waals surface area contributed by atoms with E-state index >= 15 is 0 Å². The summed E-state index contributed by atoms with van der Waals surface area (Å²) in [5.41, 5.74) is 2.27. The maximum Gasteiger partial charge on any atom is 1.00 e. The zero-order valence-corrected chi connectivity index (χ0v) is 23.9. The van der Waals surface area contributed by atoms with Crippen molar-refractivity contribution >= 4 is 18.4 Å². The van der Waals surface area contributed by atoms with Gasteiger partial charge >= 0.3 is 34.1 Å². The van der Waals surface area contributed by atoms with Crippen molar-refractivity contribution in [1.82, 2.24) is 9.80 Å². The number of carboxylic acid groups (broad SMARTS) is 1. The Morgan fingerprint density at radius 3 is 1.52 bits per heavy atom. The van der Waals surface area contributed by atoms with Gasteiger partial charge in [-0.2, -0.15) is 0 Å². The first-order chi connectivity index (χ1) is 18.4.